The molecule has 0 bridgehead atoms. The average Bonchev–Trinajstić information content (AvgIpc) is 2.97. The van der Waals surface area contributed by atoms with Gasteiger partial charge in [-0.2, -0.15) is 0 Å². The van der Waals surface area contributed by atoms with E-state index in [-0.39, 0.29) is 10.9 Å². The summed E-state index contributed by atoms with van der Waals surface area (Å²) in [6.45, 7) is 0.398. The highest BCUT2D eigenvalue weighted by Crippen LogP contribution is 2.25. The van der Waals surface area contributed by atoms with E-state index in [4.69, 9.17) is 35.4 Å². The third-order valence-electron chi connectivity index (χ3n) is 3.17. The highest BCUT2D eigenvalue weighted by atomic mass is 35.5. The van der Waals surface area contributed by atoms with E-state index >= 15 is 0 Å². The van der Waals surface area contributed by atoms with E-state index in [9.17, 15) is 4.39 Å². The van der Waals surface area contributed by atoms with Gasteiger partial charge in [-0.15, -0.1) is 5.10 Å². The quantitative estimate of drug-likeness (QED) is 0.633. The van der Waals surface area contributed by atoms with Gasteiger partial charge in [-0.05, 0) is 48.1 Å². The van der Waals surface area contributed by atoms with Gasteiger partial charge in [0.25, 0.3) is 0 Å². The Hall–Kier alpha value is -2.22. The van der Waals surface area contributed by atoms with Crippen molar-refractivity contribution in [1.82, 2.24) is 14.8 Å². The smallest absolute Gasteiger partial charge is 0.248 e. The fourth-order valence-corrected chi connectivity index (χ4v) is 2.75. The summed E-state index contributed by atoms with van der Waals surface area (Å²) in [5.41, 5.74) is 1.40. The van der Waals surface area contributed by atoms with E-state index in [1.54, 1.807) is 28.9 Å². The van der Waals surface area contributed by atoms with Gasteiger partial charge in [-0.25, -0.2) is 14.1 Å². The molecule has 5 nitrogen and oxygen atoms in total. The minimum Gasteiger partial charge on any atom is -0.331 e. The molecule has 2 N–H and O–H groups in total. The Bertz CT molecular complexity index is 915. The number of aromatic nitrogens is 3. The first-order chi connectivity index (χ1) is 12.0. The van der Waals surface area contributed by atoms with E-state index in [0.29, 0.717) is 28.2 Å². The van der Waals surface area contributed by atoms with Crippen molar-refractivity contribution in [2.75, 3.05) is 10.6 Å². The van der Waals surface area contributed by atoms with Crippen molar-refractivity contribution in [3.63, 3.8) is 0 Å². The largest absolute Gasteiger partial charge is 0.331 e. The monoisotopic (exact) mass is 395 g/mol. The first-order valence-electron chi connectivity index (χ1n) is 7.16. The molecule has 9 heteroatoms. The van der Waals surface area contributed by atoms with Crippen LogP contribution in [-0.4, -0.2) is 19.9 Å². The molecule has 0 aliphatic rings. The molecule has 0 amide bonds. The lowest BCUT2D eigenvalue weighted by molar-refractivity contribution is 0.619. The summed E-state index contributed by atoms with van der Waals surface area (Å²) >= 11 is 17.2. The minimum absolute atomic E-state index is 0.285. The first kappa shape index (κ1) is 17.6. The zero-order valence-electron chi connectivity index (χ0n) is 12.7. The Kier molecular flexibility index (Phi) is 5.47. The lowest BCUT2D eigenvalue weighted by Crippen LogP contribution is -2.20. The van der Waals surface area contributed by atoms with Crippen molar-refractivity contribution in [2.24, 2.45) is 0 Å². The second kappa shape index (κ2) is 7.77. The van der Waals surface area contributed by atoms with Gasteiger partial charge >= 0.3 is 0 Å². The number of benzene rings is 2. The van der Waals surface area contributed by atoms with Crippen molar-refractivity contribution in [1.29, 1.82) is 0 Å². The highest BCUT2D eigenvalue weighted by Gasteiger charge is 2.07. The van der Waals surface area contributed by atoms with Crippen LogP contribution in [0.2, 0.25) is 10.0 Å². The van der Waals surface area contributed by atoms with Gasteiger partial charge in [-0.1, -0.05) is 35.3 Å². The molecule has 0 unspecified atom stereocenters. The third-order valence-corrected chi connectivity index (χ3v) is 3.93. The molecule has 1 heterocycles. The zero-order chi connectivity index (χ0) is 17.8. The number of nitrogens with zero attached hydrogens (tertiary/aromatic N) is 3. The summed E-state index contributed by atoms with van der Waals surface area (Å²) in [4.78, 5) is 4.12. The molecular weight excluding hydrogens is 384 g/mol. The van der Waals surface area contributed by atoms with Crippen LogP contribution in [0.4, 0.5) is 16.0 Å². The number of hydrogen-bond donors (Lipinski definition) is 2. The molecule has 25 heavy (non-hydrogen) atoms. The second-order valence-electron chi connectivity index (χ2n) is 5.10. The summed E-state index contributed by atoms with van der Waals surface area (Å²) in [7, 11) is 0. The molecule has 0 fully saturated rings. The molecule has 0 aliphatic heterocycles. The van der Waals surface area contributed by atoms with Crippen LogP contribution in [0.1, 0.15) is 5.56 Å². The summed E-state index contributed by atoms with van der Waals surface area (Å²) in [6.07, 6.45) is 1.53. The van der Waals surface area contributed by atoms with Gasteiger partial charge in [0, 0.05) is 5.02 Å². The van der Waals surface area contributed by atoms with E-state index < -0.39 is 0 Å². The molecule has 0 spiro atoms. The average molecular weight is 396 g/mol. The molecule has 0 saturated heterocycles. The van der Waals surface area contributed by atoms with Crippen LogP contribution in [0.15, 0.2) is 48.8 Å². The molecule has 3 rings (SSSR count). The molecule has 0 saturated carbocycles. The molecular formula is C16H12Cl2FN5S. The van der Waals surface area contributed by atoms with Crippen LogP contribution in [0.5, 0.6) is 0 Å². The Morgan fingerprint density at radius 2 is 2.00 bits per heavy atom. The van der Waals surface area contributed by atoms with Gasteiger partial charge in [0.05, 0.1) is 17.3 Å². The maximum atomic E-state index is 13.2. The normalized spacial score (nSPS) is 10.5. The number of halogens is 3. The van der Waals surface area contributed by atoms with Gasteiger partial charge in [0.1, 0.15) is 12.1 Å². The van der Waals surface area contributed by atoms with Crippen LogP contribution < -0.4 is 10.6 Å². The Balaban J connectivity index is 1.61. The summed E-state index contributed by atoms with van der Waals surface area (Å²) < 4.78 is 14.8. The van der Waals surface area contributed by atoms with Crippen molar-refractivity contribution in [3.8, 4) is 0 Å². The van der Waals surface area contributed by atoms with Gasteiger partial charge in [0.2, 0.25) is 5.95 Å². The predicted molar refractivity (Wildman–Crippen MR) is 102 cm³/mol. The van der Waals surface area contributed by atoms with Crippen LogP contribution in [-0.2, 0) is 6.54 Å². The maximum absolute atomic E-state index is 13.2. The van der Waals surface area contributed by atoms with Crippen molar-refractivity contribution < 1.29 is 4.39 Å². The maximum Gasteiger partial charge on any atom is 0.248 e. The van der Waals surface area contributed by atoms with E-state index in [0.717, 1.165) is 5.56 Å². The van der Waals surface area contributed by atoms with Crippen LogP contribution in [0.25, 0.3) is 0 Å². The number of hydrogen-bond acceptors (Lipinski definition) is 3. The molecule has 0 atom stereocenters. The van der Waals surface area contributed by atoms with Crippen LogP contribution >= 0.6 is 35.4 Å². The number of nitrogens with one attached hydrogen (secondary N) is 2. The molecule has 128 valence electrons. The van der Waals surface area contributed by atoms with Gasteiger partial charge in [-0.3, -0.25) is 5.32 Å². The van der Waals surface area contributed by atoms with Crippen molar-refractivity contribution >= 4 is 52.2 Å². The molecule has 3 aromatic rings. The lowest BCUT2D eigenvalue weighted by atomic mass is 10.2. The molecule has 1 aromatic heterocycles. The van der Waals surface area contributed by atoms with Crippen LogP contribution in [0, 0.1) is 5.82 Å². The van der Waals surface area contributed by atoms with Crippen LogP contribution in [0.3, 0.4) is 0 Å². The summed E-state index contributed by atoms with van der Waals surface area (Å²) in [5.74, 6) is 0.0279. The predicted octanol–water partition coefficient (Wildman–Crippen LogP) is 4.58. The second-order valence-corrected chi connectivity index (χ2v) is 6.35. The van der Waals surface area contributed by atoms with Crippen molar-refractivity contribution in [3.05, 3.63) is 70.2 Å². The standard InChI is InChI=1S/C16H12Cl2FN5S/c17-11-4-5-14(13(18)7-11)21-16(25)22-15-20-9-24(23-15)8-10-2-1-3-12(19)6-10/h1-7,9H,8H2,(H2,21,22,23,25). The molecule has 2 aromatic carbocycles. The van der Waals surface area contributed by atoms with Gasteiger partial charge in [0.15, 0.2) is 5.11 Å². The lowest BCUT2D eigenvalue weighted by Gasteiger charge is -2.09. The fourth-order valence-electron chi connectivity index (χ4n) is 2.10. The van der Waals surface area contributed by atoms with E-state index in [2.05, 4.69) is 20.7 Å². The van der Waals surface area contributed by atoms with Gasteiger partial charge < -0.3 is 5.32 Å². The SMILES string of the molecule is Fc1cccc(Cn2cnc(NC(=S)Nc3ccc(Cl)cc3Cl)n2)c1. The number of thiocarbonyl (C=S) groups is 1. The first-order valence-corrected chi connectivity index (χ1v) is 8.33. The number of rotatable bonds is 4. The Morgan fingerprint density at radius 1 is 1.16 bits per heavy atom. The number of anilines is 2. The zero-order valence-corrected chi connectivity index (χ0v) is 15.0. The topological polar surface area (TPSA) is 54.8 Å². The van der Waals surface area contributed by atoms with E-state index in [1.807, 2.05) is 6.07 Å². The highest BCUT2D eigenvalue weighted by molar-refractivity contribution is 7.80. The Labute approximate surface area is 158 Å². The molecule has 0 radical (unpaired) electrons. The fraction of sp³-hybridized carbons (Fsp3) is 0.0625. The minimum atomic E-state index is -0.291. The third kappa shape index (κ3) is 4.88. The summed E-state index contributed by atoms with van der Waals surface area (Å²) in [5, 5.41) is 11.3. The Morgan fingerprint density at radius 3 is 2.76 bits per heavy atom. The van der Waals surface area contributed by atoms with Crippen molar-refractivity contribution in [2.45, 2.75) is 6.54 Å². The molecule has 0 aliphatic carbocycles. The summed E-state index contributed by atoms with van der Waals surface area (Å²) in [6, 6.07) is 11.3. The van der Waals surface area contributed by atoms with E-state index in [1.165, 1.54) is 18.5 Å².